The SMILES string of the molecule is Cc1cccc(NCc2cccc(C#N)c2F)c1. The number of nitrogens with one attached hydrogen (secondary N) is 1. The highest BCUT2D eigenvalue weighted by atomic mass is 19.1. The molecule has 0 aromatic heterocycles. The molecule has 0 radical (unpaired) electrons. The Morgan fingerprint density at radius 3 is 2.72 bits per heavy atom. The number of anilines is 1. The molecule has 2 nitrogen and oxygen atoms in total. The first-order chi connectivity index (χ1) is 8.70. The second-order valence-corrected chi connectivity index (χ2v) is 4.11. The van der Waals surface area contributed by atoms with Crippen LogP contribution in [0.25, 0.3) is 0 Å². The summed E-state index contributed by atoms with van der Waals surface area (Å²) in [6.07, 6.45) is 0. The average Bonchev–Trinajstić information content (AvgIpc) is 2.38. The lowest BCUT2D eigenvalue weighted by molar-refractivity contribution is 0.609. The molecule has 2 aromatic carbocycles. The number of benzene rings is 2. The topological polar surface area (TPSA) is 35.8 Å². The highest BCUT2D eigenvalue weighted by molar-refractivity contribution is 5.46. The van der Waals surface area contributed by atoms with Crippen molar-refractivity contribution >= 4 is 5.69 Å². The molecule has 0 saturated heterocycles. The first kappa shape index (κ1) is 12.1. The van der Waals surface area contributed by atoms with E-state index < -0.39 is 5.82 Å². The zero-order valence-corrected chi connectivity index (χ0v) is 10.1. The molecule has 0 amide bonds. The predicted molar refractivity (Wildman–Crippen MR) is 69.6 cm³/mol. The number of halogens is 1. The Labute approximate surface area is 106 Å². The number of aryl methyl sites for hydroxylation is 1. The molecule has 0 aliphatic heterocycles. The molecule has 0 fully saturated rings. The monoisotopic (exact) mass is 240 g/mol. The Morgan fingerprint density at radius 2 is 2.00 bits per heavy atom. The molecule has 2 rings (SSSR count). The van der Waals surface area contributed by atoms with Gasteiger partial charge in [0.2, 0.25) is 0 Å². The third-order valence-corrected chi connectivity index (χ3v) is 2.70. The van der Waals surface area contributed by atoms with Crippen molar-refractivity contribution in [1.82, 2.24) is 0 Å². The molecule has 0 heterocycles. The van der Waals surface area contributed by atoms with Crippen molar-refractivity contribution in [2.24, 2.45) is 0 Å². The summed E-state index contributed by atoms with van der Waals surface area (Å²) in [7, 11) is 0. The van der Waals surface area contributed by atoms with Crippen LogP contribution >= 0.6 is 0 Å². The lowest BCUT2D eigenvalue weighted by atomic mass is 10.1. The third kappa shape index (κ3) is 2.67. The number of hydrogen-bond acceptors (Lipinski definition) is 2. The summed E-state index contributed by atoms with van der Waals surface area (Å²) >= 11 is 0. The minimum Gasteiger partial charge on any atom is -0.381 e. The lowest BCUT2D eigenvalue weighted by Gasteiger charge is -2.08. The van der Waals surface area contributed by atoms with Gasteiger partial charge in [0.05, 0.1) is 5.56 Å². The Morgan fingerprint density at radius 1 is 1.22 bits per heavy atom. The average molecular weight is 240 g/mol. The van der Waals surface area contributed by atoms with Crippen LogP contribution in [0.5, 0.6) is 0 Å². The molecule has 1 N–H and O–H groups in total. The molecule has 2 aromatic rings. The van der Waals surface area contributed by atoms with Gasteiger partial charge in [-0.25, -0.2) is 4.39 Å². The summed E-state index contributed by atoms with van der Waals surface area (Å²) in [5.74, 6) is -0.444. The van der Waals surface area contributed by atoms with Crippen molar-refractivity contribution in [1.29, 1.82) is 5.26 Å². The fourth-order valence-electron chi connectivity index (χ4n) is 1.75. The molecule has 0 bridgehead atoms. The first-order valence-corrected chi connectivity index (χ1v) is 5.69. The van der Waals surface area contributed by atoms with E-state index in [2.05, 4.69) is 5.32 Å². The van der Waals surface area contributed by atoms with Gasteiger partial charge in [-0.05, 0) is 30.7 Å². The minimum atomic E-state index is -0.444. The second kappa shape index (κ2) is 5.33. The Bertz CT molecular complexity index is 600. The molecule has 0 atom stereocenters. The zero-order chi connectivity index (χ0) is 13.0. The molecule has 0 spiro atoms. The highest BCUT2D eigenvalue weighted by Crippen LogP contribution is 2.15. The fourth-order valence-corrected chi connectivity index (χ4v) is 1.75. The third-order valence-electron chi connectivity index (χ3n) is 2.70. The molecule has 90 valence electrons. The zero-order valence-electron chi connectivity index (χ0n) is 10.1. The standard InChI is InChI=1S/C15H13FN2/c1-11-4-2-7-14(8-11)18-10-13-6-3-5-12(9-17)15(13)16/h2-8,18H,10H2,1H3. The highest BCUT2D eigenvalue weighted by Gasteiger charge is 2.06. The van der Waals surface area contributed by atoms with Crippen LogP contribution in [0.4, 0.5) is 10.1 Å². The van der Waals surface area contributed by atoms with Crippen LogP contribution in [0.15, 0.2) is 42.5 Å². The second-order valence-electron chi connectivity index (χ2n) is 4.11. The van der Waals surface area contributed by atoms with Crippen molar-refractivity contribution in [2.45, 2.75) is 13.5 Å². The summed E-state index contributed by atoms with van der Waals surface area (Å²) in [5.41, 5.74) is 2.66. The number of rotatable bonds is 3. The maximum absolute atomic E-state index is 13.8. The largest absolute Gasteiger partial charge is 0.381 e. The Balaban J connectivity index is 2.14. The number of nitrogens with zero attached hydrogens (tertiary/aromatic N) is 1. The predicted octanol–water partition coefficient (Wildman–Crippen LogP) is 3.62. The fraction of sp³-hybridized carbons (Fsp3) is 0.133. The summed E-state index contributed by atoms with van der Waals surface area (Å²) in [6, 6.07) is 14.6. The van der Waals surface area contributed by atoms with Crippen LogP contribution in [-0.2, 0) is 6.54 Å². The van der Waals surface area contributed by atoms with E-state index in [9.17, 15) is 4.39 Å². The summed E-state index contributed by atoms with van der Waals surface area (Å²) in [5, 5.41) is 11.9. The Kier molecular flexibility index (Phi) is 3.59. The Hall–Kier alpha value is -2.34. The van der Waals surface area contributed by atoms with Gasteiger partial charge in [0.15, 0.2) is 0 Å². The lowest BCUT2D eigenvalue weighted by Crippen LogP contribution is -2.03. The normalized spacial score (nSPS) is 9.83. The van der Waals surface area contributed by atoms with Gasteiger partial charge in [0, 0.05) is 17.8 Å². The van der Waals surface area contributed by atoms with Gasteiger partial charge in [-0.1, -0.05) is 24.3 Å². The van der Waals surface area contributed by atoms with Crippen molar-refractivity contribution in [3.63, 3.8) is 0 Å². The molecule has 18 heavy (non-hydrogen) atoms. The van der Waals surface area contributed by atoms with E-state index >= 15 is 0 Å². The molecule has 0 aliphatic carbocycles. The minimum absolute atomic E-state index is 0.0820. The number of hydrogen-bond donors (Lipinski definition) is 1. The quantitative estimate of drug-likeness (QED) is 0.889. The van der Waals surface area contributed by atoms with Gasteiger partial charge in [-0.2, -0.15) is 5.26 Å². The molecule has 0 unspecified atom stereocenters. The smallest absolute Gasteiger partial charge is 0.145 e. The summed E-state index contributed by atoms with van der Waals surface area (Å²) < 4.78 is 13.8. The molecule has 3 heteroatoms. The van der Waals surface area contributed by atoms with Crippen molar-refractivity contribution in [3.05, 3.63) is 65.0 Å². The molecule has 0 saturated carbocycles. The summed E-state index contributed by atoms with van der Waals surface area (Å²) in [6.45, 7) is 2.37. The van der Waals surface area contributed by atoms with Crippen molar-refractivity contribution in [3.8, 4) is 6.07 Å². The molecular formula is C15H13FN2. The van der Waals surface area contributed by atoms with E-state index in [1.807, 2.05) is 37.3 Å². The van der Waals surface area contributed by atoms with Gasteiger partial charge < -0.3 is 5.32 Å². The molecular weight excluding hydrogens is 227 g/mol. The van der Waals surface area contributed by atoms with Crippen LogP contribution in [0.3, 0.4) is 0 Å². The maximum Gasteiger partial charge on any atom is 0.145 e. The van der Waals surface area contributed by atoms with Crippen molar-refractivity contribution < 1.29 is 4.39 Å². The summed E-state index contributed by atoms with van der Waals surface area (Å²) in [4.78, 5) is 0. The van der Waals surface area contributed by atoms with Gasteiger partial charge >= 0.3 is 0 Å². The van der Waals surface area contributed by atoms with E-state index in [1.54, 1.807) is 12.1 Å². The van der Waals surface area contributed by atoms with Crippen molar-refractivity contribution in [2.75, 3.05) is 5.32 Å². The van der Waals surface area contributed by atoms with Crippen LogP contribution in [0.2, 0.25) is 0 Å². The van der Waals surface area contributed by atoms with E-state index in [0.29, 0.717) is 12.1 Å². The van der Waals surface area contributed by atoms with Crippen LogP contribution < -0.4 is 5.32 Å². The first-order valence-electron chi connectivity index (χ1n) is 5.69. The number of nitriles is 1. The van der Waals surface area contributed by atoms with Crippen LogP contribution in [0, 0.1) is 24.1 Å². The van der Waals surface area contributed by atoms with E-state index in [4.69, 9.17) is 5.26 Å². The van der Waals surface area contributed by atoms with E-state index in [-0.39, 0.29) is 5.56 Å². The maximum atomic E-state index is 13.8. The van der Waals surface area contributed by atoms with E-state index in [1.165, 1.54) is 6.07 Å². The molecule has 0 aliphatic rings. The van der Waals surface area contributed by atoms with Gasteiger partial charge in [-0.15, -0.1) is 0 Å². The van der Waals surface area contributed by atoms with Gasteiger partial charge in [0.1, 0.15) is 11.9 Å². The van der Waals surface area contributed by atoms with Crippen LogP contribution in [0.1, 0.15) is 16.7 Å². The van der Waals surface area contributed by atoms with Gasteiger partial charge in [0.25, 0.3) is 0 Å². The van der Waals surface area contributed by atoms with Gasteiger partial charge in [-0.3, -0.25) is 0 Å². The van der Waals surface area contributed by atoms with Crippen LogP contribution in [-0.4, -0.2) is 0 Å². The van der Waals surface area contributed by atoms with E-state index in [0.717, 1.165) is 11.3 Å².